The van der Waals surface area contributed by atoms with Gasteiger partial charge in [0, 0.05) is 23.4 Å². The Morgan fingerprint density at radius 3 is 2.56 bits per heavy atom. The number of hydrogen-bond donors (Lipinski definition) is 1. The highest BCUT2D eigenvalue weighted by molar-refractivity contribution is 6.05. The van der Waals surface area contributed by atoms with E-state index in [-0.39, 0.29) is 11.3 Å². The minimum absolute atomic E-state index is 0.158. The van der Waals surface area contributed by atoms with Crippen LogP contribution in [0.3, 0.4) is 0 Å². The molecule has 0 aliphatic rings. The van der Waals surface area contributed by atoms with Crippen LogP contribution < -0.4 is 5.32 Å². The molecule has 0 aliphatic heterocycles. The first kappa shape index (κ1) is 18.1. The number of carbonyl (C=O) groups excluding carboxylic acids is 2. The summed E-state index contributed by atoms with van der Waals surface area (Å²) in [4.78, 5) is 34.4. The van der Waals surface area contributed by atoms with E-state index in [9.17, 15) is 19.7 Å². The molecule has 0 fully saturated rings. The van der Waals surface area contributed by atoms with Crippen molar-refractivity contribution in [3.05, 3.63) is 69.8 Å². The molecule has 0 radical (unpaired) electrons. The van der Waals surface area contributed by atoms with Crippen LogP contribution in [-0.4, -0.2) is 23.4 Å². The molecular formula is C18H18N2O5. The first-order valence-corrected chi connectivity index (χ1v) is 7.84. The van der Waals surface area contributed by atoms with Crippen molar-refractivity contribution >= 4 is 23.3 Å². The van der Waals surface area contributed by atoms with Crippen molar-refractivity contribution in [2.75, 3.05) is 11.9 Å². The number of amides is 1. The number of esters is 1. The van der Waals surface area contributed by atoms with Gasteiger partial charge < -0.3 is 10.1 Å². The molecule has 0 heterocycles. The minimum atomic E-state index is -0.566. The Labute approximate surface area is 144 Å². The molecular weight excluding hydrogens is 324 g/mol. The summed E-state index contributed by atoms with van der Waals surface area (Å²) in [5.41, 5.74) is 0.723. The molecule has 0 bridgehead atoms. The summed E-state index contributed by atoms with van der Waals surface area (Å²) in [5.74, 6) is -0.958. The predicted octanol–water partition coefficient (Wildman–Crippen LogP) is 3.80. The maximum Gasteiger partial charge on any atom is 0.338 e. The summed E-state index contributed by atoms with van der Waals surface area (Å²) in [5, 5.41) is 13.4. The van der Waals surface area contributed by atoms with Crippen molar-refractivity contribution in [1.82, 2.24) is 0 Å². The van der Waals surface area contributed by atoms with Crippen molar-refractivity contribution in [2.45, 2.75) is 19.8 Å². The molecule has 0 aliphatic carbocycles. The average Bonchev–Trinajstić information content (AvgIpc) is 2.62. The molecule has 2 aromatic carbocycles. The van der Waals surface area contributed by atoms with Gasteiger partial charge in [-0.1, -0.05) is 25.5 Å². The maximum absolute atomic E-state index is 12.2. The average molecular weight is 342 g/mol. The van der Waals surface area contributed by atoms with E-state index in [2.05, 4.69) is 5.32 Å². The van der Waals surface area contributed by atoms with Gasteiger partial charge in [-0.2, -0.15) is 0 Å². The molecule has 0 saturated carbocycles. The summed E-state index contributed by atoms with van der Waals surface area (Å²) in [6.45, 7) is 2.34. The zero-order valence-electron chi connectivity index (χ0n) is 13.7. The molecule has 0 aromatic heterocycles. The summed E-state index contributed by atoms with van der Waals surface area (Å²) < 4.78 is 5.13. The zero-order chi connectivity index (χ0) is 18.2. The van der Waals surface area contributed by atoms with Crippen LogP contribution in [0.15, 0.2) is 48.5 Å². The molecule has 0 saturated heterocycles. The SMILES string of the molecule is CCCCOC(=O)c1cccc(NC(=O)c2cccc([N+](=O)[O-])c2)c1. The first-order chi connectivity index (χ1) is 12.0. The number of nitrogens with zero attached hydrogens (tertiary/aromatic N) is 1. The molecule has 1 N–H and O–H groups in total. The van der Waals surface area contributed by atoms with Crippen LogP contribution in [0.2, 0.25) is 0 Å². The number of nitrogens with one attached hydrogen (secondary N) is 1. The Morgan fingerprint density at radius 2 is 1.84 bits per heavy atom. The molecule has 25 heavy (non-hydrogen) atoms. The topological polar surface area (TPSA) is 98.5 Å². The number of nitro groups is 1. The third kappa shape index (κ3) is 5.13. The fourth-order valence-electron chi connectivity index (χ4n) is 2.08. The van der Waals surface area contributed by atoms with Crippen LogP contribution in [0.5, 0.6) is 0 Å². The van der Waals surface area contributed by atoms with Gasteiger partial charge in [-0.05, 0) is 30.7 Å². The molecule has 0 unspecified atom stereocenters. The number of rotatable bonds is 7. The van der Waals surface area contributed by atoms with E-state index in [1.54, 1.807) is 18.2 Å². The second kappa shape index (κ2) is 8.58. The van der Waals surface area contributed by atoms with E-state index in [1.165, 1.54) is 30.3 Å². The van der Waals surface area contributed by atoms with Crippen molar-refractivity contribution in [3.8, 4) is 0 Å². The second-order valence-electron chi connectivity index (χ2n) is 5.33. The highest BCUT2D eigenvalue weighted by Gasteiger charge is 2.13. The largest absolute Gasteiger partial charge is 0.462 e. The molecule has 2 aromatic rings. The molecule has 0 spiro atoms. The molecule has 7 nitrogen and oxygen atoms in total. The Bertz CT molecular complexity index is 789. The third-order valence-electron chi connectivity index (χ3n) is 3.41. The summed E-state index contributed by atoms with van der Waals surface area (Å²) in [6.07, 6.45) is 1.71. The van der Waals surface area contributed by atoms with E-state index in [1.807, 2.05) is 6.92 Å². The lowest BCUT2D eigenvalue weighted by atomic mass is 10.1. The van der Waals surface area contributed by atoms with Crippen molar-refractivity contribution in [1.29, 1.82) is 0 Å². The Hall–Kier alpha value is -3.22. The van der Waals surface area contributed by atoms with Crippen LogP contribution >= 0.6 is 0 Å². The van der Waals surface area contributed by atoms with E-state index >= 15 is 0 Å². The quantitative estimate of drug-likeness (QED) is 0.357. The summed E-state index contributed by atoms with van der Waals surface area (Å²) in [6, 6.07) is 11.8. The lowest BCUT2D eigenvalue weighted by Gasteiger charge is -2.08. The first-order valence-electron chi connectivity index (χ1n) is 7.84. The fraction of sp³-hybridized carbons (Fsp3) is 0.222. The molecule has 130 valence electrons. The van der Waals surface area contributed by atoms with E-state index in [0.29, 0.717) is 17.9 Å². The van der Waals surface area contributed by atoms with Gasteiger partial charge in [-0.15, -0.1) is 0 Å². The van der Waals surface area contributed by atoms with Gasteiger partial charge in [-0.3, -0.25) is 14.9 Å². The van der Waals surface area contributed by atoms with Crippen LogP contribution in [0.4, 0.5) is 11.4 Å². The second-order valence-corrected chi connectivity index (χ2v) is 5.33. The van der Waals surface area contributed by atoms with Crippen LogP contribution in [0.25, 0.3) is 0 Å². The van der Waals surface area contributed by atoms with E-state index < -0.39 is 16.8 Å². The normalized spacial score (nSPS) is 10.1. The van der Waals surface area contributed by atoms with Crippen LogP contribution in [-0.2, 0) is 4.74 Å². The van der Waals surface area contributed by atoms with Gasteiger partial charge in [0.15, 0.2) is 0 Å². The van der Waals surface area contributed by atoms with E-state index in [4.69, 9.17) is 4.74 Å². The van der Waals surface area contributed by atoms with Crippen LogP contribution in [0, 0.1) is 10.1 Å². The highest BCUT2D eigenvalue weighted by atomic mass is 16.6. The van der Waals surface area contributed by atoms with Crippen molar-refractivity contribution < 1.29 is 19.2 Å². The van der Waals surface area contributed by atoms with Gasteiger partial charge in [-0.25, -0.2) is 4.79 Å². The lowest BCUT2D eigenvalue weighted by Crippen LogP contribution is -2.13. The van der Waals surface area contributed by atoms with Crippen molar-refractivity contribution in [2.24, 2.45) is 0 Å². The molecule has 7 heteroatoms. The Kier molecular flexibility index (Phi) is 6.22. The van der Waals surface area contributed by atoms with Gasteiger partial charge in [0.05, 0.1) is 17.1 Å². The summed E-state index contributed by atoms with van der Waals surface area (Å²) in [7, 11) is 0. The third-order valence-corrected chi connectivity index (χ3v) is 3.41. The predicted molar refractivity (Wildman–Crippen MR) is 92.7 cm³/mol. The number of non-ortho nitro benzene ring substituents is 1. The number of carbonyl (C=O) groups is 2. The van der Waals surface area contributed by atoms with Gasteiger partial charge in [0.25, 0.3) is 11.6 Å². The number of nitro benzene ring substituents is 1. The van der Waals surface area contributed by atoms with Gasteiger partial charge in [0.2, 0.25) is 0 Å². The van der Waals surface area contributed by atoms with E-state index in [0.717, 1.165) is 12.8 Å². The number of anilines is 1. The fourth-order valence-corrected chi connectivity index (χ4v) is 2.08. The lowest BCUT2D eigenvalue weighted by molar-refractivity contribution is -0.384. The zero-order valence-corrected chi connectivity index (χ0v) is 13.7. The number of hydrogen-bond acceptors (Lipinski definition) is 5. The molecule has 2 rings (SSSR count). The molecule has 1 amide bonds. The van der Waals surface area contributed by atoms with Gasteiger partial charge in [0.1, 0.15) is 0 Å². The monoisotopic (exact) mass is 342 g/mol. The maximum atomic E-state index is 12.2. The molecule has 0 atom stereocenters. The summed E-state index contributed by atoms with van der Waals surface area (Å²) >= 11 is 0. The minimum Gasteiger partial charge on any atom is -0.462 e. The number of unbranched alkanes of at least 4 members (excludes halogenated alkanes) is 1. The highest BCUT2D eigenvalue weighted by Crippen LogP contribution is 2.16. The van der Waals surface area contributed by atoms with Gasteiger partial charge >= 0.3 is 5.97 Å². The Balaban J connectivity index is 2.08. The van der Waals surface area contributed by atoms with Crippen LogP contribution in [0.1, 0.15) is 40.5 Å². The number of benzene rings is 2. The standard InChI is InChI=1S/C18H18N2O5/c1-2-3-10-25-18(22)14-7-4-8-15(11-14)19-17(21)13-6-5-9-16(12-13)20(23)24/h4-9,11-12H,2-3,10H2,1H3,(H,19,21). The van der Waals surface area contributed by atoms with Crippen molar-refractivity contribution in [3.63, 3.8) is 0 Å². The smallest absolute Gasteiger partial charge is 0.338 e. The Morgan fingerprint density at radius 1 is 1.12 bits per heavy atom. The number of ether oxygens (including phenoxy) is 1.